The van der Waals surface area contributed by atoms with Crippen LogP contribution in [0, 0.1) is 11.3 Å². The average molecular weight is 367 g/mol. The van der Waals surface area contributed by atoms with Gasteiger partial charge in [-0.2, -0.15) is 5.26 Å². The number of nitrogens with zero attached hydrogens (tertiary/aromatic N) is 2. The molecule has 0 saturated carbocycles. The van der Waals surface area contributed by atoms with E-state index in [1.54, 1.807) is 17.0 Å². The Labute approximate surface area is 141 Å². The van der Waals surface area contributed by atoms with Gasteiger partial charge in [-0.25, -0.2) is 4.79 Å². The number of carbonyl (C=O) groups is 1. The zero-order valence-electron chi connectivity index (χ0n) is 14.0. The quantitative estimate of drug-likeness (QED) is 0.750. The van der Waals surface area contributed by atoms with Crippen molar-refractivity contribution in [3.63, 3.8) is 0 Å². The maximum Gasteiger partial charge on any atom is 0.410 e. The lowest BCUT2D eigenvalue weighted by Gasteiger charge is -2.44. The van der Waals surface area contributed by atoms with Crippen LogP contribution in [0.1, 0.15) is 52.7 Å². The fraction of sp³-hybridized carbons (Fsp3) is 0.529. The molecule has 0 radical (unpaired) electrons. The first-order chi connectivity index (χ1) is 9.96. The fourth-order valence-electron chi connectivity index (χ4n) is 2.54. The van der Waals surface area contributed by atoms with Gasteiger partial charge in [0.05, 0.1) is 11.6 Å². The molecular formula is C17H23BrN2O2. The summed E-state index contributed by atoms with van der Waals surface area (Å²) >= 11 is 3.33. The summed E-state index contributed by atoms with van der Waals surface area (Å²) in [6.07, 6.45) is -0.383. The first-order valence-electron chi connectivity index (χ1n) is 7.12. The highest BCUT2D eigenvalue weighted by Gasteiger charge is 2.36. The van der Waals surface area contributed by atoms with Crippen LogP contribution < -0.4 is 0 Å². The van der Waals surface area contributed by atoms with Crippen LogP contribution in [-0.2, 0) is 11.3 Å². The van der Waals surface area contributed by atoms with Gasteiger partial charge >= 0.3 is 6.09 Å². The molecular weight excluding hydrogens is 344 g/mol. The third-order valence-electron chi connectivity index (χ3n) is 3.07. The van der Waals surface area contributed by atoms with E-state index in [4.69, 9.17) is 10.00 Å². The van der Waals surface area contributed by atoms with Gasteiger partial charge in [0.1, 0.15) is 6.61 Å². The summed E-state index contributed by atoms with van der Waals surface area (Å²) in [5, 5.41) is 9.15. The van der Waals surface area contributed by atoms with Crippen molar-refractivity contribution < 1.29 is 9.53 Å². The number of hydrogen-bond acceptors (Lipinski definition) is 3. The lowest BCUT2D eigenvalue weighted by Crippen LogP contribution is -2.55. The highest BCUT2D eigenvalue weighted by atomic mass is 79.9. The van der Waals surface area contributed by atoms with Crippen LogP contribution in [0.5, 0.6) is 0 Å². The zero-order valence-corrected chi connectivity index (χ0v) is 15.6. The van der Waals surface area contributed by atoms with E-state index in [1.807, 2.05) is 47.6 Å². The van der Waals surface area contributed by atoms with Crippen LogP contribution in [0.4, 0.5) is 4.79 Å². The molecule has 4 nitrogen and oxygen atoms in total. The van der Waals surface area contributed by atoms with Gasteiger partial charge in [0.25, 0.3) is 0 Å². The van der Waals surface area contributed by atoms with E-state index in [0.29, 0.717) is 11.1 Å². The highest BCUT2D eigenvalue weighted by molar-refractivity contribution is 9.10. The maximum absolute atomic E-state index is 12.5. The van der Waals surface area contributed by atoms with Gasteiger partial charge in [-0.3, -0.25) is 4.90 Å². The average Bonchev–Trinajstić information content (AvgIpc) is 2.33. The third kappa shape index (κ3) is 4.74. The predicted octanol–water partition coefficient (Wildman–Crippen LogP) is 4.86. The van der Waals surface area contributed by atoms with Crippen LogP contribution in [-0.4, -0.2) is 22.1 Å². The molecule has 1 rings (SSSR count). The summed E-state index contributed by atoms with van der Waals surface area (Å²) in [5.41, 5.74) is 0.488. The Morgan fingerprint density at radius 2 is 1.77 bits per heavy atom. The molecule has 5 heteroatoms. The Balaban J connectivity index is 2.92. The first-order valence-corrected chi connectivity index (χ1v) is 7.91. The largest absolute Gasteiger partial charge is 0.444 e. The van der Waals surface area contributed by atoms with Crippen LogP contribution in [0.15, 0.2) is 22.7 Å². The van der Waals surface area contributed by atoms with Crippen molar-refractivity contribution in [2.45, 2.75) is 59.2 Å². The minimum absolute atomic E-state index is 0.0810. The number of amides is 1. The molecule has 22 heavy (non-hydrogen) atoms. The van der Waals surface area contributed by atoms with E-state index in [0.717, 1.165) is 4.47 Å². The SMILES string of the molecule is CC(C)(C)N(C(=O)OCc1ccc(Br)cc1C#N)C(C)(C)C. The molecule has 0 N–H and O–H groups in total. The van der Waals surface area contributed by atoms with Gasteiger partial charge in [-0.15, -0.1) is 0 Å². The molecule has 1 aromatic rings. The molecule has 1 amide bonds. The topological polar surface area (TPSA) is 53.3 Å². The van der Waals surface area contributed by atoms with Crippen molar-refractivity contribution in [2.24, 2.45) is 0 Å². The number of hydrogen-bond donors (Lipinski definition) is 0. The van der Waals surface area contributed by atoms with Crippen molar-refractivity contribution in [1.82, 2.24) is 4.90 Å². The fourth-order valence-corrected chi connectivity index (χ4v) is 2.90. The van der Waals surface area contributed by atoms with Gasteiger partial charge < -0.3 is 4.74 Å². The molecule has 0 bridgehead atoms. The normalized spacial score (nSPS) is 11.7. The zero-order chi connectivity index (χ0) is 17.1. The van der Waals surface area contributed by atoms with E-state index >= 15 is 0 Å². The second-order valence-corrected chi connectivity index (χ2v) is 8.06. The van der Waals surface area contributed by atoms with Crippen molar-refractivity contribution in [3.8, 4) is 6.07 Å². The summed E-state index contributed by atoms with van der Waals surface area (Å²) in [6.45, 7) is 11.9. The lowest BCUT2D eigenvalue weighted by molar-refractivity contribution is 0.0170. The van der Waals surface area contributed by atoms with Gasteiger partial charge in [0, 0.05) is 21.1 Å². The molecule has 0 aliphatic heterocycles. The molecule has 0 heterocycles. The van der Waals surface area contributed by atoms with Gasteiger partial charge in [-0.05, 0) is 53.7 Å². The van der Waals surface area contributed by atoms with E-state index < -0.39 is 0 Å². The third-order valence-corrected chi connectivity index (χ3v) is 3.56. The van der Waals surface area contributed by atoms with Crippen LogP contribution >= 0.6 is 15.9 Å². The van der Waals surface area contributed by atoms with Crippen molar-refractivity contribution in [3.05, 3.63) is 33.8 Å². The number of carbonyl (C=O) groups excluding carboxylic acids is 1. The minimum Gasteiger partial charge on any atom is -0.444 e. The first kappa shape index (κ1) is 18.5. The van der Waals surface area contributed by atoms with Crippen molar-refractivity contribution >= 4 is 22.0 Å². The predicted molar refractivity (Wildman–Crippen MR) is 90.4 cm³/mol. The maximum atomic E-state index is 12.5. The van der Waals surface area contributed by atoms with E-state index in [9.17, 15) is 4.79 Å². The van der Waals surface area contributed by atoms with Crippen LogP contribution in [0.2, 0.25) is 0 Å². The molecule has 0 aliphatic rings. The number of benzene rings is 1. The van der Waals surface area contributed by atoms with Gasteiger partial charge in [-0.1, -0.05) is 22.0 Å². The molecule has 0 aromatic heterocycles. The summed E-state index contributed by atoms with van der Waals surface area (Å²) in [5.74, 6) is 0. The molecule has 0 aliphatic carbocycles. The van der Waals surface area contributed by atoms with Gasteiger partial charge in [0.2, 0.25) is 0 Å². The summed E-state index contributed by atoms with van der Waals surface area (Å²) in [7, 11) is 0. The number of nitriles is 1. The molecule has 0 spiro atoms. The summed E-state index contributed by atoms with van der Waals surface area (Å²) in [4.78, 5) is 14.2. The number of halogens is 1. The van der Waals surface area contributed by atoms with Crippen molar-refractivity contribution in [1.29, 1.82) is 5.26 Å². The van der Waals surface area contributed by atoms with Crippen LogP contribution in [0.25, 0.3) is 0 Å². The number of ether oxygens (including phenoxy) is 1. The molecule has 1 aromatic carbocycles. The minimum atomic E-state index is -0.383. The Morgan fingerprint density at radius 3 is 2.23 bits per heavy atom. The lowest BCUT2D eigenvalue weighted by atomic mass is 9.97. The summed E-state index contributed by atoms with van der Waals surface area (Å²) in [6, 6.07) is 7.45. The Bertz CT molecular complexity index is 578. The Hall–Kier alpha value is -1.54. The van der Waals surface area contributed by atoms with Gasteiger partial charge in [0.15, 0.2) is 0 Å². The monoisotopic (exact) mass is 366 g/mol. The highest BCUT2D eigenvalue weighted by Crippen LogP contribution is 2.26. The van der Waals surface area contributed by atoms with Crippen LogP contribution in [0.3, 0.4) is 0 Å². The molecule has 0 unspecified atom stereocenters. The molecule has 0 saturated heterocycles. The Kier molecular flexibility index (Phi) is 5.64. The second kappa shape index (κ2) is 6.70. The molecule has 0 fully saturated rings. The van der Waals surface area contributed by atoms with E-state index in [1.165, 1.54) is 0 Å². The molecule has 120 valence electrons. The van der Waals surface area contributed by atoms with Crippen molar-refractivity contribution in [2.75, 3.05) is 0 Å². The standard InChI is InChI=1S/C17H23BrN2O2/c1-16(2,3)20(17(4,5)6)15(21)22-11-12-7-8-14(18)9-13(12)10-19/h7-9H,11H2,1-6H3. The second-order valence-electron chi connectivity index (χ2n) is 7.14. The Morgan fingerprint density at radius 1 is 1.23 bits per heavy atom. The summed E-state index contributed by atoms with van der Waals surface area (Å²) < 4.78 is 6.27. The number of rotatable bonds is 2. The van der Waals surface area contributed by atoms with E-state index in [2.05, 4.69) is 22.0 Å². The van der Waals surface area contributed by atoms with E-state index in [-0.39, 0.29) is 23.8 Å². The molecule has 0 atom stereocenters. The smallest absolute Gasteiger partial charge is 0.410 e.